The summed E-state index contributed by atoms with van der Waals surface area (Å²) in [5.41, 5.74) is 7.92. The van der Waals surface area contributed by atoms with E-state index in [-0.39, 0.29) is 5.84 Å². The molecular formula is C15H12N2S. The molecule has 0 saturated heterocycles. The second-order valence-electron chi connectivity index (χ2n) is 4.14. The summed E-state index contributed by atoms with van der Waals surface area (Å²) in [5, 5.41) is 8.62. The molecular weight excluding hydrogens is 240 g/mol. The number of amidine groups is 1. The van der Waals surface area contributed by atoms with E-state index in [2.05, 4.69) is 30.3 Å². The number of benzene rings is 2. The number of rotatable bonds is 2. The van der Waals surface area contributed by atoms with E-state index in [9.17, 15) is 0 Å². The summed E-state index contributed by atoms with van der Waals surface area (Å²) in [6.45, 7) is 0. The van der Waals surface area contributed by atoms with Gasteiger partial charge in [0.1, 0.15) is 5.84 Å². The fraction of sp³-hybridized carbons (Fsp3) is 0. The van der Waals surface area contributed by atoms with Crippen molar-refractivity contribution in [2.45, 2.75) is 0 Å². The Morgan fingerprint density at radius 1 is 0.944 bits per heavy atom. The first kappa shape index (κ1) is 11.0. The van der Waals surface area contributed by atoms with Crippen LogP contribution < -0.4 is 5.73 Å². The Bertz CT molecular complexity index is 714. The van der Waals surface area contributed by atoms with Gasteiger partial charge in [0.15, 0.2) is 0 Å². The normalized spacial score (nSPS) is 10.7. The van der Waals surface area contributed by atoms with E-state index >= 15 is 0 Å². The summed E-state index contributed by atoms with van der Waals surface area (Å²) < 4.78 is 1.17. The SMILES string of the molecule is N=C(N)c1cc2ccc(-c3ccccc3)cc2s1. The van der Waals surface area contributed by atoms with Gasteiger partial charge in [-0.05, 0) is 28.6 Å². The smallest absolute Gasteiger partial charge is 0.133 e. The zero-order valence-corrected chi connectivity index (χ0v) is 10.5. The van der Waals surface area contributed by atoms with E-state index in [0.29, 0.717) is 0 Å². The molecule has 0 amide bonds. The fourth-order valence-electron chi connectivity index (χ4n) is 1.97. The molecule has 0 unspecified atom stereocenters. The third-order valence-corrected chi connectivity index (χ3v) is 4.02. The lowest BCUT2D eigenvalue weighted by atomic mass is 10.1. The maximum Gasteiger partial charge on any atom is 0.133 e. The molecule has 3 rings (SSSR count). The molecule has 1 heterocycles. The van der Waals surface area contributed by atoms with E-state index in [1.54, 1.807) is 11.3 Å². The molecule has 0 fully saturated rings. The van der Waals surface area contributed by atoms with E-state index in [1.165, 1.54) is 15.8 Å². The van der Waals surface area contributed by atoms with Gasteiger partial charge in [0, 0.05) is 4.70 Å². The first-order chi connectivity index (χ1) is 8.74. The lowest BCUT2D eigenvalue weighted by molar-refractivity contribution is 1.46. The third kappa shape index (κ3) is 1.89. The number of fused-ring (bicyclic) bond motifs is 1. The molecule has 2 nitrogen and oxygen atoms in total. The lowest BCUT2D eigenvalue weighted by Crippen LogP contribution is -2.08. The monoisotopic (exact) mass is 252 g/mol. The molecule has 3 N–H and O–H groups in total. The predicted octanol–water partition coefficient (Wildman–Crippen LogP) is 3.85. The van der Waals surface area contributed by atoms with Gasteiger partial charge < -0.3 is 5.73 Å². The van der Waals surface area contributed by atoms with Crippen molar-refractivity contribution in [3.8, 4) is 11.1 Å². The van der Waals surface area contributed by atoms with Gasteiger partial charge in [0.05, 0.1) is 4.88 Å². The highest BCUT2D eigenvalue weighted by Crippen LogP contribution is 2.30. The molecule has 18 heavy (non-hydrogen) atoms. The highest BCUT2D eigenvalue weighted by Gasteiger charge is 2.05. The van der Waals surface area contributed by atoms with Gasteiger partial charge in [-0.3, -0.25) is 5.41 Å². The number of hydrogen-bond acceptors (Lipinski definition) is 2. The van der Waals surface area contributed by atoms with Gasteiger partial charge in [-0.15, -0.1) is 11.3 Å². The largest absolute Gasteiger partial charge is 0.383 e. The van der Waals surface area contributed by atoms with Gasteiger partial charge in [0.2, 0.25) is 0 Å². The van der Waals surface area contributed by atoms with E-state index < -0.39 is 0 Å². The van der Waals surface area contributed by atoms with E-state index in [0.717, 1.165) is 10.3 Å². The van der Waals surface area contributed by atoms with Gasteiger partial charge >= 0.3 is 0 Å². The Balaban J connectivity index is 2.14. The molecule has 0 atom stereocenters. The fourth-order valence-corrected chi connectivity index (χ4v) is 2.94. The standard InChI is InChI=1S/C15H12N2S/c16-15(17)14-9-12-7-6-11(8-13(12)18-14)10-4-2-1-3-5-10/h1-9H,(H3,16,17). The minimum absolute atomic E-state index is 0.137. The number of nitrogens with one attached hydrogen (secondary N) is 1. The summed E-state index contributed by atoms with van der Waals surface area (Å²) in [4.78, 5) is 0.829. The first-order valence-corrected chi connectivity index (χ1v) is 6.49. The van der Waals surface area contributed by atoms with Crippen LogP contribution >= 0.6 is 11.3 Å². The van der Waals surface area contributed by atoms with Crippen LogP contribution in [0, 0.1) is 5.41 Å². The van der Waals surface area contributed by atoms with E-state index in [4.69, 9.17) is 11.1 Å². The topological polar surface area (TPSA) is 49.9 Å². The molecule has 2 aromatic carbocycles. The van der Waals surface area contributed by atoms with Crippen LogP contribution in [0.4, 0.5) is 0 Å². The summed E-state index contributed by atoms with van der Waals surface area (Å²) in [6.07, 6.45) is 0. The van der Waals surface area contributed by atoms with Crippen molar-refractivity contribution >= 4 is 27.3 Å². The van der Waals surface area contributed by atoms with Crippen LogP contribution in [0.2, 0.25) is 0 Å². The molecule has 88 valence electrons. The maximum atomic E-state index is 7.47. The third-order valence-electron chi connectivity index (χ3n) is 2.89. The zero-order chi connectivity index (χ0) is 12.5. The van der Waals surface area contributed by atoms with Crippen molar-refractivity contribution in [3.63, 3.8) is 0 Å². The highest BCUT2D eigenvalue weighted by atomic mass is 32.1. The molecule has 3 aromatic rings. The molecule has 1 aromatic heterocycles. The van der Waals surface area contributed by atoms with Crippen molar-refractivity contribution in [2.24, 2.45) is 5.73 Å². The van der Waals surface area contributed by atoms with E-state index in [1.807, 2.05) is 24.3 Å². The van der Waals surface area contributed by atoms with Crippen molar-refractivity contribution in [2.75, 3.05) is 0 Å². The molecule has 3 heteroatoms. The number of hydrogen-bond donors (Lipinski definition) is 2. The van der Waals surface area contributed by atoms with Crippen molar-refractivity contribution in [1.82, 2.24) is 0 Å². The van der Waals surface area contributed by atoms with Crippen molar-refractivity contribution in [3.05, 3.63) is 59.5 Å². The van der Waals surface area contributed by atoms with Crippen LogP contribution in [0.3, 0.4) is 0 Å². The Morgan fingerprint density at radius 3 is 2.44 bits per heavy atom. The average Bonchev–Trinajstić information content (AvgIpc) is 2.82. The van der Waals surface area contributed by atoms with Crippen LogP contribution in [0.5, 0.6) is 0 Å². The number of nitrogens with two attached hydrogens (primary N) is 1. The molecule has 0 aliphatic heterocycles. The van der Waals surface area contributed by atoms with Crippen LogP contribution in [-0.4, -0.2) is 5.84 Å². The zero-order valence-electron chi connectivity index (χ0n) is 9.68. The van der Waals surface area contributed by atoms with Crippen LogP contribution in [-0.2, 0) is 0 Å². The molecule has 0 aliphatic carbocycles. The Morgan fingerprint density at radius 2 is 1.72 bits per heavy atom. The number of nitrogen functional groups attached to an aromatic ring is 1. The van der Waals surface area contributed by atoms with Gasteiger partial charge in [-0.2, -0.15) is 0 Å². The second kappa shape index (κ2) is 4.27. The quantitative estimate of drug-likeness (QED) is 0.528. The molecule has 0 bridgehead atoms. The molecule has 0 aliphatic rings. The molecule has 0 radical (unpaired) electrons. The highest BCUT2D eigenvalue weighted by molar-refractivity contribution is 7.20. The van der Waals surface area contributed by atoms with Gasteiger partial charge in [-0.25, -0.2) is 0 Å². The predicted molar refractivity (Wildman–Crippen MR) is 78.3 cm³/mol. The summed E-state index contributed by atoms with van der Waals surface area (Å²) >= 11 is 1.56. The Kier molecular flexibility index (Phi) is 2.61. The van der Waals surface area contributed by atoms with Crippen molar-refractivity contribution < 1.29 is 0 Å². The minimum Gasteiger partial charge on any atom is -0.383 e. The maximum absolute atomic E-state index is 7.47. The minimum atomic E-state index is 0.137. The van der Waals surface area contributed by atoms with Crippen LogP contribution in [0.25, 0.3) is 21.2 Å². The lowest BCUT2D eigenvalue weighted by Gasteiger charge is -2.00. The summed E-state index contributed by atoms with van der Waals surface area (Å²) in [7, 11) is 0. The van der Waals surface area contributed by atoms with Gasteiger partial charge in [-0.1, -0.05) is 42.5 Å². The van der Waals surface area contributed by atoms with Gasteiger partial charge in [0.25, 0.3) is 0 Å². The molecule has 0 spiro atoms. The summed E-state index contributed by atoms with van der Waals surface area (Å²) in [6, 6.07) is 18.6. The Hall–Kier alpha value is -2.13. The van der Waals surface area contributed by atoms with Crippen LogP contribution in [0.1, 0.15) is 4.88 Å². The second-order valence-corrected chi connectivity index (χ2v) is 5.23. The molecule has 0 saturated carbocycles. The average molecular weight is 252 g/mol. The van der Waals surface area contributed by atoms with Crippen LogP contribution in [0.15, 0.2) is 54.6 Å². The Labute approximate surface area is 109 Å². The number of thiophene rings is 1. The van der Waals surface area contributed by atoms with Crippen molar-refractivity contribution in [1.29, 1.82) is 5.41 Å². The first-order valence-electron chi connectivity index (χ1n) is 5.67. The summed E-state index contributed by atoms with van der Waals surface area (Å²) in [5.74, 6) is 0.137.